The number of amides is 1. The summed E-state index contributed by atoms with van der Waals surface area (Å²) in [5.41, 5.74) is 5.39. The lowest BCUT2D eigenvalue weighted by Crippen LogP contribution is -2.34. The number of carbonyl (C=O) groups excluding carboxylic acids is 1. The number of aliphatic imine (C=N–C) groups is 1. The van der Waals surface area contributed by atoms with Crippen LogP contribution in [0.2, 0.25) is 0 Å². The number of amidine groups is 1. The summed E-state index contributed by atoms with van der Waals surface area (Å²) in [7, 11) is 0. The zero-order valence-corrected chi connectivity index (χ0v) is 14.9. The molecule has 11 heteroatoms. The topological polar surface area (TPSA) is 115 Å². The van der Waals surface area contributed by atoms with E-state index in [1.54, 1.807) is 12.1 Å². The molecule has 3 rings (SSSR count). The molecule has 142 valence electrons. The summed E-state index contributed by atoms with van der Waals surface area (Å²) in [6.07, 6.45) is 4.21. The Balaban J connectivity index is 1.79. The number of anilines is 1. The van der Waals surface area contributed by atoms with Crippen molar-refractivity contribution in [1.29, 1.82) is 0 Å². The molecule has 3 N–H and O–H groups in total. The van der Waals surface area contributed by atoms with Gasteiger partial charge in [0.2, 0.25) is 12.7 Å². The highest BCUT2D eigenvalue weighted by atomic mass is 32.2. The fraction of sp³-hybridized carbons (Fsp3) is 0.312. The van der Waals surface area contributed by atoms with Crippen LogP contribution < -0.4 is 15.8 Å². The van der Waals surface area contributed by atoms with Gasteiger partial charge in [-0.15, -0.1) is 0 Å². The van der Waals surface area contributed by atoms with Gasteiger partial charge in [-0.2, -0.15) is 0 Å². The van der Waals surface area contributed by atoms with Gasteiger partial charge in [-0.1, -0.05) is 11.8 Å². The Hall–Kier alpha value is -2.82. The van der Waals surface area contributed by atoms with E-state index in [0.29, 0.717) is 28.7 Å². The lowest BCUT2D eigenvalue weighted by Gasteiger charge is -2.30. The first-order chi connectivity index (χ1) is 13.1. The first kappa shape index (κ1) is 19.0. The third kappa shape index (κ3) is 4.30. The van der Waals surface area contributed by atoms with E-state index in [1.165, 1.54) is 18.0 Å². The first-order valence-electron chi connectivity index (χ1n) is 7.89. The molecule has 1 aliphatic heterocycles. The van der Waals surface area contributed by atoms with Crippen molar-refractivity contribution in [2.75, 3.05) is 24.6 Å². The number of carbonyl (C=O) groups is 1. The van der Waals surface area contributed by atoms with Crippen molar-refractivity contribution in [3.8, 4) is 5.88 Å². The number of nitrogens with zero attached hydrogens (tertiary/aromatic N) is 4. The van der Waals surface area contributed by atoms with E-state index >= 15 is 0 Å². The molecule has 0 fully saturated rings. The highest BCUT2D eigenvalue weighted by Gasteiger charge is 2.36. The quantitative estimate of drug-likeness (QED) is 0.770. The van der Waals surface area contributed by atoms with Crippen molar-refractivity contribution in [3.05, 3.63) is 42.1 Å². The first-order valence-corrected chi connectivity index (χ1v) is 8.87. The predicted molar refractivity (Wildman–Crippen MR) is 97.2 cm³/mol. The van der Waals surface area contributed by atoms with Gasteiger partial charge in [0.1, 0.15) is 17.9 Å². The third-order valence-corrected chi connectivity index (χ3v) is 4.66. The number of nitrogens with two attached hydrogens (primary N) is 1. The number of rotatable bonds is 6. The van der Waals surface area contributed by atoms with Crippen LogP contribution in [0.1, 0.15) is 22.6 Å². The van der Waals surface area contributed by atoms with Gasteiger partial charge in [-0.3, -0.25) is 9.78 Å². The Morgan fingerprint density at radius 1 is 1.33 bits per heavy atom. The monoisotopic (exact) mass is 394 g/mol. The predicted octanol–water partition coefficient (Wildman–Crippen LogP) is 2.05. The van der Waals surface area contributed by atoms with E-state index in [0.717, 1.165) is 12.4 Å². The van der Waals surface area contributed by atoms with Gasteiger partial charge in [-0.25, -0.2) is 23.7 Å². The fourth-order valence-corrected chi connectivity index (χ4v) is 3.38. The number of hydrogen-bond acceptors (Lipinski definition) is 8. The maximum Gasteiger partial charge on any atom is 0.275 e. The molecule has 8 nitrogen and oxygen atoms in total. The Bertz CT molecular complexity index is 851. The van der Waals surface area contributed by atoms with Gasteiger partial charge in [0.15, 0.2) is 5.17 Å². The van der Waals surface area contributed by atoms with Crippen molar-refractivity contribution < 1.29 is 18.3 Å². The van der Waals surface area contributed by atoms with Crippen molar-refractivity contribution >= 4 is 28.5 Å². The maximum atomic E-state index is 13.8. The summed E-state index contributed by atoms with van der Waals surface area (Å²) in [4.78, 5) is 28.4. The molecule has 0 saturated carbocycles. The van der Waals surface area contributed by atoms with E-state index in [1.807, 2.05) is 0 Å². The van der Waals surface area contributed by atoms with E-state index in [9.17, 15) is 13.6 Å². The molecular formula is C16H16F2N6O2S. The van der Waals surface area contributed by atoms with Gasteiger partial charge in [0.05, 0.1) is 18.1 Å². The maximum absolute atomic E-state index is 13.8. The Kier molecular flexibility index (Phi) is 5.79. The zero-order valence-electron chi connectivity index (χ0n) is 14.1. The van der Waals surface area contributed by atoms with Crippen LogP contribution >= 0.6 is 11.8 Å². The lowest BCUT2D eigenvalue weighted by molar-refractivity contribution is 0.102. The number of aromatic nitrogens is 3. The molecule has 0 bridgehead atoms. The highest BCUT2D eigenvalue weighted by Crippen LogP contribution is 2.35. The van der Waals surface area contributed by atoms with Crippen molar-refractivity contribution in [2.24, 2.45) is 10.7 Å². The van der Waals surface area contributed by atoms with Gasteiger partial charge in [0.25, 0.3) is 5.91 Å². The minimum absolute atomic E-state index is 0.0103. The molecule has 0 radical (unpaired) electrons. The van der Waals surface area contributed by atoms with Crippen molar-refractivity contribution in [2.45, 2.75) is 12.0 Å². The van der Waals surface area contributed by atoms with Crippen LogP contribution in [0, 0.1) is 0 Å². The molecule has 1 aliphatic rings. The van der Waals surface area contributed by atoms with Gasteiger partial charge >= 0.3 is 0 Å². The number of thioether (sulfide) groups is 1. The lowest BCUT2D eigenvalue weighted by atomic mass is 9.93. The van der Waals surface area contributed by atoms with Crippen LogP contribution in [0.5, 0.6) is 5.88 Å². The van der Waals surface area contributed by atoms with Crippen LogP contribution in [-0.4, -0.2) is 45.3 Å². The fourth-order valence-electron chi connectivity index (χ4n) is 2.50. The molecular weight excluding hydrogens is 378 g/mol. The number of hydrogen-bond donors (Lipinski definition) is 2. The molecule has 2 aromatic rings. The van der Waals surface area contributed by atoms with Crippen LogP contribution in [0.4, 0.5) is 14.5 Å². The van der Waals surface area contributed by atoms with Gasteiger partial charge < -0.3 is 15.8 Å². The largest absolute Gasteiger partial charge is 0.445 e. The van der Waals surface area contributed by atoms with E-state index < -0.39 is 25.0 Å². The Labute approximate surface area is 157 Å². The minimum Gasteiger partial charge on any atom is -0.445 e. The van der Waals surface area contributed by atoms with Crippen LogP contribution in [0.15, 0.2) is 35.7 Å². The summed E-state index contributed by atoms with van der Waals surface area (Å²) in [5, 5.41) is 2.94. The van der Waals surface area contributed by atoms with Crippen molar-refractivity contribution in [1.82, 2.24) is 15.0 Å². The third-order valence-electron chi connectivity index (χ3n) is 3.87. The van der Waals surface area contributed by atoms with Gasteiger partial charge in [0, 0.05) is 17.6 Å². The van der Waals surface area contributed by atoms with E-state index in [2.05, 4.69) is 30.0 Å². The van der Waals surface area contributed by atoms with E-state index in [-0.39, 0.29) is 11.6 Å². The molecule has 0 aromatic carbocycles. The SMILES string of the molecule is NC1=N[C@](CF)(c2cc(NC(=O)c3cnc(OCF)cn3)ccn2)CCS1. The second kappa shape index (κ2) is 8.25. The van der Waals surface area contributed by atoms with Crippen molar-refractivity contribution in [3.63, 3.8) is 0 Å². The van der Waals surface area contributed by atoms with Crippen LogP contribution in [0.3, 0.4) is 0 Å². The molecule has 1 atom stereocenters. The number of halogens is 2. The summed E-state index contributed by atoms with van der Waals surface area (Å²) in [6.45, 7) is -1.79. The van der Waals surface area contributed by atoms with E-state index in [4.69, 9.17) is 5.73 Å². The summed E-state index contributed by atoms with van der Waals surface area (Å²) in [5.74, 6) is 0.0548. The second-order valence-electron chi connectivity index (χ2n) is 5.59. The smallest absolute Gasteiger partial charge is 0.275 e. The molecule has 3 heterocycles. The average molecular weight is 394 g/mol. The Morgan fingerprint density at radius 2 is 2.19 bits per heavy atom. The summed E-state index contributed by atoms with van der Waals surface area (Å²) >= 11 is 1.36. The number of nitrogens with one attached hydrogen (secondary N) is 1. The molecule has 0 spiro atoms. The molecule has 2 aromatic heterocycles. The summed E-state index contributed by atoms with van der Waals surface area (Å²) in [6, 6.07) is 3.12. The second-order valence-corrected chi connectivity index (χ2v) is 6.71. The van der Waals surface area contributed by atoms with Crippen LogP contribution in [-0.2, 0) is 5.54 Å². The highest BCUT2D eigenvalue weighted by molar-refractivity contribution is 8.13. The normalized spacial score (nSPS) is 19.3. The Morgan fingerprint density at radius 3 is 2.85 bits per heavy atom. The molecule has 0 unspecified atom stereocenters. The minimum atomic E-state index is -1.15. The zero-order chi connectivity index (χ0) is 19.3. The number of ether oxygens (including phenoxy) is 1. The number of alkyl halides is 2. The molecule has 1 amide bonds. The van der Waals surface area contributed by atoms with Gasteiger partial charge in [-0.05, 0) is 18.6 Å². The summed E-state index contributed by atoms with van der Waals surface area (Å²) < 4.78 is 30.4. The standard InChI is InChI=1S/C16H16F2N6O2S/c17-8-16(2-4-27-15(19)24-16)12-5-10(1-3-20-12)23-14(25)11-6-22-13(7-21-11)26-9-18/h1,3,5-7H,2,4,8-9H2,(H2,19,24)(H,20,23,25)/t16-/m1/s1. The number of pyridine rings is 1. The molecule has 0 aliphatic carbocycles. The molecule has 0 saturated heterocycles. The average Bonchev–Trinajstić information content (AvgIpc) is 2.69. The van der Waals surface area contributed by atoms with Crippen LogP contribution in [0.25, 0.3) is 0 Å². The molecule has 27 heavy (non-hydrogen) atoms.